The first kappa shape index (κ1) is 19.3. The van der Waals surface area contributed by atoms with Crippen molar-refractivity contribution in [3.63, 3.8) is 0 Å². The number of fused-ring (bicyclic) bond motifs is 1. The van der Waals surface area contributed by atoms with E-state index < -0.39 is 0 Å². The number of thiophene rings is 1. The highest BCUT2D eigenvalue weighted by Gasteiger charge is 2.14. The van der Waals surface area contributed by atoms with Crippen molar-refractivity contribution in [2.24, 2.45) is 0 Å². The van der Waals surface area contributed by atoms with E-state index in [-0.39, 0.29) is 5.56 Å². The summed E-state index contributed by atoms with van der Waals surface area (Å²) in [4.78, 5) is 25.8. The number of benzene rings is 2. The molecule has 0 amide bonds. The summed E-state index contributed by atoms with van der Waals surface area (Å²) in [6.07, 6.45) is 4.19. The van der Waals surface area contributed by atoms with Crippen LogP contribution in [0.4, 0.5) is 0 Å². The maximum absolute atomic E-state index is 12.9. The van der Waals surface area contributed by atoms with Gasteiger partial charge in [-0.2, -0.15) is 0 Å². The van der Waals surface area contributed by atoms with Gasteiger partial charge in [0.15, 0.2) is 0 Å². The molecular weight excluding hydrogens is 408 g/mol. The summed E-state index contributed by atoms with van der Waals surface area (Å²) < 4.78 is 7.31. The van der Waals surface area contributed by atoms with Gasteiger partial charge in [-0.3, -0.25) is 4.79 Å². The molecule has 31 heavy (non-hydrogen) atoms. The molecule has 0 unspecified atom stereocenters. The van der Waals surface area contributed by atoms with E-state index in [4.69, 9.17) is 9.72 Å². The van der Waals surface area contributed by atoms with E-state index in [0.717, 1.165) is 34.1 Å². The zero-order valence-corrected chi connectivity index (χ0v) is 17.7. The highest BCUT2D eigenvalue weighted by atomic mass is 32.1. The number of aromatic amines is 1. The normalized spacial score (nSPS) is 11.1. The molecule has 5 aromatic rings. The van der Waals surface area contributed by atoms with Gasteiger partial charge in [0.25, 0.3) is 5.56 Å². The van der Waals surface area contributed by atoms with Crippen molar-refractivity contribution in [1.82, 2.24) is 19.5 Å². The van der Waals surface area contributed by atoms with E-state index in [1.165, 1.54) is 16.9 Å². The molecule has 7 heteroatoms. The second-order valence-electron chi connectivity index (χ2n) is 7.20. The van der Waals surface area contributed by atoms with Gasteiger partial charge in [0.05, 0.1) is 18.9 Å². The predicted octanol–water partition coefficient (Wildman–Crippen LogP) is 4.50. The molecule has 5 rings (SSSR count). The lowest BCUT2D eigenvalue weighted by Crippen LogP contribution is -2.14. The number of H-pyrrole nitrogens is 1. The molecule has 0 spiro atoms. The number of hydrogen-bond donors (Lipinski definition) is 1. The van der Waals surface area contributed by atoms with Crippen LogP contribution in [-0.4, -0.2) is 26.6 Å². The smallest absolute Gasteiger partial charge is 0.260 e. The highest BCUT2D eigenvalue weighted by Crippen LogP contribution is 2.31. The lowest BCUT2D eigenvalue weighted by Gasteiger charge is -2.08. The lowest BCUT2D eigenvalue weighted by atomic mass is 10.1. The Labute approximate surface area is 182 Å². The number of nitrogens with one attached hydrogen (secondary N) is 1. The molecule has 154 valence electrons. The van der Waals surface area contributed by atoms with E-state index in [1.807, 2.05) is 54.0 Å². The summed E-state index contributed by atoms with van der Waals surface area (Å²) in [6.45, 7) is 0.725. The van der Waals surface area contributed by atoms with Crippen molar-refractivity contribution < 1.29 is 4.74 Å². The minimum Gasteiger partial charge on any atom is -0.497 e. The van der Waals surface area contributed by atoms with Crippen molar-refractivity contribution in [3.05, 3.63) is 99.9 Å². The van der Waals surface area contributed by atoms with E-state index >= 15 is 0 Å². The molecule has 3 aromatic heterocycles. The van der Waals surface area contributed by atoms with Crippen LogP contribution in [0.1, 0.15) is 17.2 Å². The molecule has 0 atom stereocenters. The molecule has 0 radical (unpaired) electrons. The first-order valence-corrected chi connectivity index (χ1v) is 10.8. The van der Waals surface area contributed by atoms with Gasteiger partial charge in [-0.25, -0.2) is 9.97 Å². The van der Waals surface area contributed by atoms with Crippen LogP contribution in [0.25, 0.3) is 21.3 Å². The maximum atomic E-state index is 12.9. The third kappa shape index (κ3) is 3.87. The van der Waals surface area contributed by atoms with E-state index in [0.29, 0.717) is 17.6 Å². The Kier molecular flexibility index (Phi) is 5.09. The first-order chi connectivity index (χ1) is 15.2. The summed E-state index contributed by atoms with van der Waals surface area (Å²) in [5.41, 5.74) is 2.91. The third-order valence-electron chi connectivity index (χ3n) is 5.22. The van der Waals surface area contributed by atoms with Crippen LogP contribution in [0.5, 0.6) is 5.75 Å². The summed E-state index contributed by atoms with van der Waals surface area (Å²) in [7, 11) is 1.64. The molecule has 3 heterocycles. The van der Waals surface area contributed by atoms with Crippen LogP contribution >= 0.6 is 11.3 Å². The Bertz CT molecular complexity index is 1380. The van der Waals surface area contributed by atoms with Crippen molar-refractivity contribution in [3.8, 4) is 16.9 Å². The standard InChI is InChI=1S/C24H20N4O2S/c1-30-18-9-7-17(8-10-18)19-15-31-24-22(19)23(29)26-20(27-24)13-21-25-11-12-28(21)14-16-5-3-2-4-6-16/h2-12,15H,13-14H2,1H3,(H,26,27,29). The average molecular weight is 429 g/mol. The second-order valence-corrected chi connectivity index (χ2v) is 8.06. The maximum Gasteiger partial charge on any atom is 0.260 e. The number of ether oxygens (including phenoxy) is 1. The van der Waals surface area contributed by atoms with Gasteiger partial charge in [-0.1, -0.05) is 42.5 Å². The van der Waals surface area contributed by atoms with Gasteiger partial charge in [-0.05, 0) is 23.3 Å². The van der Waals surface area contributed by atoms with Gasteiger partial charge < -0.3 is 14.3 Å². The molecule has 0 bridgehead atoms. The van der Waals surface area contributed by atoms with Crippen LogP contribution in [0.2, 0.25) is 0 Å². The van der Waals surface area contributed by atoms with Crippen molar-refractivity contribution in [2.45, 2.75) is 13.0 Å². The molecule has 2 aromatic carbocycles. The molecule has 0 saturated heterocycles. The third-order valence-corrected chi connectivity index (χ3v) is 6.09. The van der Waals surface area contributed by atoms with Gasteiger partial charge >= 0.3 is 0 Å². The van der Waals surface area contributed by atoms with Crippen LogP contribution in [0, 0.1) is 0 Å². The summed E-state index contributed by atoms with van der Waals surface area (Å²) in [6, 6.07) is 17.9. The fourth-order valence-electron chi connectivity index (χ4n) is 3.64. The SMILES string of the molecule is COc1ccc(-c2csc3nc(Cc4nccn4Cc4ccccc4)[nH]c(=O)c23)cc1. The average Bonchev–Trinajstić information content (AvgIpc) is 3.42. The molecule has 0 aliphatic carbocycles. The number of rotatable bonds is 6. The number of nitrogens with zero attached hydrogens (tertiary/aromatic N) is 3. The summed E-state index contributed by atoms with van der Waals surface area (Å²) >= 11 is 1.48. The van der Waals surface area contributed by atoms with Crippen LogP contribution < -0.4 is 10.3 Å². The zero-order valence-electron chi connectivity index (χ0n) is 16.9. The van der Waals surface area contributed by atoms with Crippen LogP contribution in [0.3, 0.4) is 0 Å². The van der Waals surface area contributed by atoms with Gasteiger partial charge in [-0.15, -0.1) is 11.3 Å². The Morgan fingerprint density at radius 1 is 1.10 bits per heavy atom. The quantitative estimate of drug-likeness (QED) is 0.432. The fraction of sp³-hybridized carbons (Fsp3) is 0.125. The summed E-state index contributed by atoms with van der Waals surface area (Å²) in [5, 5.41) is 2.60. The van der Waals surface area contributed by atoms with Gasteiger partial charge in [0.1, 0.15) is 22.2 Å². The molecule has 6 nitrogen and oxygen atoms in total. The second kappa shape index (κ2) is 8.20. The molecule has 1 N–H and O–H groups in total. The van der Waals surface area contributed by atoms with Gasteiger partial charge in [0.2, 0.25) is 0 Å². The number of aromatic nitrogens is 4. The monoisotopic (exact) mass is 428 g/mol. The largest absolute Gasteiger partial charge is 0.497 e. The van der Waals surface area contributed by atoms with E-state index in [9.17, 15) is 4.79 Å². The molecular formula is C24H20N4O2S. The molecule has 0 saturated carbocycles. The summed E-state index contributed by atoms with van der Waals surface area (Å²) in [5.74, 6) is 2.25. The highest BCUT2D eigenvalue weighted by molar-refractivity contribution is 7.17. The fourth-order valence-corrected chi connectivity index (χ4v) is 4.61. The van der Waals surface area contributed by atoms with Crippen molar-refractivity contribution in [1.29, 1.82) is 0 Å². The van der Waals surface area contributed by atoms with Crippen LogP contribution in [0.15, 0.2) is 77.2 Å². The Balaban J connectivity index is 1.45. The molecule has 0 aliphatic heterocycles. The Morgan fingerprint density at radius 3 is 2.68 bits per heavy atom. The number of methoxy groups -OCH3 is 1. The minimum atomic E-state index is -0.131. The van der Waals surface area contributed by atoms with Gasteiger partial charge in [0, 0.05) is 29.9 Å². The predicted molar refractivity (Wildman–Crippen MR) is 123 cm³/mol. The Morgan fingerprint density at radius 2 is 1.90 bits per heavy atom. The topological polar surface area (TPSA) is 72.8 Å². The zero-order chi connectivity index (χ0) is 21.2. The van der Waals surface area contributed by atoms with Crippen molar-refractivity contribution >= 4 is 21.6 Å². The molecule has 0 aliphatic rings. The Hall–Kier alpha value is -3.71. The van der Waals surface area contributed by atoms with E-state index in [1.54, 1.807) is 13.3 Å². The number of imidazole rings is 1. The van der Waals surface area contributed by atoms with Crippen LogP contribution in [-0.2, 0) is 13.0 Å². The molecule has 0 fully saturated rings. The number of hydrogen-bond acceptors (Lipinski definition) is 5. The van der Waals surface area contributed by atoms with E-state index in [2.05, 4.69) is 26.7 Å². The first-order valence-electron chi connectivity index (χ1n) is 9.90. The minimum absolute atomic E-state index is 0.131. The van der Waals surface area contributed by atoms with Crippen molar-refractivity contribution in [2.75, 3.05) is 7.11 Å². The lowest BCUT2D eigenvalue weighted by molar-refractivity contribution is 0.415.